The Kier molecular flexibility index (Phi) is 3.93. The summed E-state index contributed by atoms with van der Waals surface area (Å²) in [5, 5.41) is 12.3. The highest BCUT2D eigenvalue weighted by atomic mass is 16.3. The second-order valence-corrected chi connectivity index (χ2v) is 3.20. The highest BCUT2D eigenvalue weighted by molar-refractivity contribution is 5.24. The normalized spacial score (nSPS) is 12.8. The van der Waals surface area contributed by atoms with Gasteiger partial charge in [-0.05, 0) is 19.0 Å². The van der Waals surface area contributed by atoms with Crippen LogP contribution < -0.4 is 5.32 Å². The van der Waals surface area contributed by atoms with Crippen molar-refractivity contribution in [3.05, 3.63) is 35.4 Å². The third-order valence-corrected chi connectivity index (χ3v) is 2.11. The van der Waals surface area contributed by atoms with E-state index in [1.54, 1.807) is 0 Å². The van der Waals surface area contributed by atoms with E-state index in [-0.39, 0.29) is 12.6 Å². The number of rotatable bonds is 4. The molecule has 0 radical (unpaired) electrons. The molecule has 0 aromatic heterocycles. The third kappa shape index (κ3) is 2.83. The number of aliphatic hydroxyl groups is 1. The second kappa shape index (κ2) is 5.00. The molecule has 1 aromatic rings. The van der Waals surface area contributed by atoms with Gasteiger partial charge in [-0.25, -0.2) is 0 Å². The number of aryl methyl sites for hydroxylation is 1. The average Bonchev–Trinajstić information content (AvgIpc) is 2.16. The molecule has 0 fully saturated rings. The lowest BCUT2D eigenvalue weighted by atomic mass is 10.1. The Morgan fingerprint density at radius 2 is 1.92 bits per heavy atom. The molecule has 13 heavy (non-hydrogen) atoms. The molecule has 1 aromatic carbocycles. The summed E-state index contributed by atoms with van der Waals surface area (Å²) in [6.07, 6.45) is 0. The van der Waals surface area contributed by atoms with Crippen molar-refractivity contribution in [2.45, 2.75) is 19.9 Å². The number of hydrogen-bond acceptors (Lipinski definition) is 2. The van der Waals surface area contributed by atoms with E-state index in [1.165, 1.54) is 5.56 Å². The Morgan fingerprint density at radius 3 is 2.38 bits per heavy atom. The first-order valence-electron chi connectivity index (χ1n) is 4.68. The fourth-order valence-electron chi connectivity index (χ4n) is 1.33. The van der Waals surface area contributed by atoms with Gasteiger partial charge in [-0.3, -0.25) is 0 Å². The number of aliphatic hydroxyl groups excluding tert-OH is 1. The van der Waals surface area contributed by atoms with Crippen molar-refractivity contribution < 1.29 is 5.11 Å². The molecule has 0 amide bonds. The SMILES string of the molecule is CCNC(CO)c1ccc(C)cc1. The van der Waals surface area contributed by atoms with E-state index in [0.29, 0.717) is 0 Å². The molecule has 2 nitrogen and oxygen atoms in total. The summed E-state index contributed by atoms with van der Waals surface area (Å²) in [5.74, 6) is 0. The summed E-state index contributed by atoms with van der Waals surface area (Å²) in [7, 11) is 0. The molecule has 0 spiro atoms. The van der Waals surface area contributed by atoms with Crippen LogP contribution in [-0.4, -0.2) is 18.3 Å². The van der Waals surface area contributed by atoms with E-state index in [2.05, 4.69) is 36.5 Å². The van der Waals surface area contributed by atoms with Crippen molar-refractivity contribution in [3.8, 4) is 0 Å². The van der Waals surface area contributed by atoms with E-state index in [4.69, 9.17) is 5.11 Å². The molecule has 0 saturated heterocycles. The fourth-order valence-corrected chi connectivity index (χ4v) is 1.33. The topological polar surface area (TPSA) is 32.3 Å². The molecule has 72 valence electrons. The number of nitrogens with one attached hydrogen (secondary N) is 1. The maximum absolute atomic E-state index is 9.12. The van der Waals surface area contributed by atoms with Crippen molar-refractivity contribution >= 4 is 0 Å². The highest BCUT2D eigenvalue weighted by Gasteiger charge is 2.06. The van der Waals surface area contributed by atoms with Crippen molar-refractivity contribution in [3.63, 3.8) is 0 Å². The van der Waals surface area contributed by atoms with Crippen LogP contribution in [0.25, 0.3) is 0 Å². The summed E-state index contributed by atoms with van der Waals surface area (Å²) in [6, 6.07) is 8.31. The van der Waals surface area contributed by atoms with Gasteiger partial charge in [0.15, 0.2) is 0 Å². The average molecular weight is 179 g/mol. The van der Waals surface area contributed by atoms with E-state index in [9.17, 15) is 0 Å². The van der Waals surface area contributed by atoms with Crippen molar-refractivity contribution in [2.75, 3.05) is 13.2 Å². The molecule has 1 atom stereocenters. The zero-order valence-corrected chi connectivity index (χ0v) is 8.25. The van der Waals surface area contributed by atoms with Crippen molar-refractivity contribution in [2.24, 2.45) is 0 Å². The van der Waals surface area contributed by atoms with Gasteiger partial charge in [0.1, 0.15) is 0 Å². The Bertz CT molecular complexity index is 243. The monoisotopic (exact) mass is 179 g/mol. The quantitative estimate of drug-likeness (QED) is 0.736. The lowest BCUT2D eigenvalue weighted by molar-refractivity contribution is 0.246. The van der Waals surface area contributed by atoms with Gasteiger partial charge in [0, 0.05) is 0 Å². The van der Waals surface area contributed by atoms with Crippen LogP contribution in [0, 0.1) is 6.92 Å². The van der Waals surface area contributed by atoms with Gasteiger partial charge in [0.25, 0.3) is 0 Å². The standard InChI is InChI=1S/C11H17NO/c1-3-12-11(8-13)10-6-4-9(2)5-7-10/h4-7,11-13H,3,8H2,1-2H3. The smallest absolute Gasteiger partial charge is 0.0626 e. The van der Waals surface area contributed by atoms with Crippen LogP contribution in [-0.2, 0) is 0 Å². The predicted molar refractivity (Wildman–Crippen MR) is 54.7 cm³/mol. The molecule has 0 saturated carbocycles. The number of hydrogen-bond donors (Lipinski definition) is 2. The predicted octanol–water partition coefficient (Wildman–Crippen LogP) is 1.64. The third-order valence-electron chi connectivity index (χ3n) is 2.11. The Labute approximate surface area is 79.6 Å². The van der Waals surface area contributed by atoms with Crippen molar-refractivity contribution in [1.82, 2.24) is 5.32 Å². The van der Waals surface area contributed by atoms with Crippen LogP contribution in [0.3, 0.4) is 0 Å². The molecule has 0 aliphatic heterocycles. The van der Waals surface area contributed by atoms with Crippen LogP contribution in [0.15, 0.2) is 24.3 Å². The van der Waals surface area contributed by atoms with Gasteiger partial charge in [0.2, 0.25) is 0 Å². The van der Waals surface area contributed by atoms with Crippen LogP contribution in [0.5, 0.6) is 0 Å². The van der Waals surface area contributed by atoms with Gasteiger partial charge in [-0.1, -0.05) is 36.8 Å². The van der Waals surface area contributed by atoms with Gasteiger partial charge in [-0.15, -0.1) is 0 Å². The fraction of sp³-hybridized carbons (Fsp3) is 0.455. The van der Waals surface area contributed by atoms with Gasteiger partial charge in [0.05, 0.1) is 12.6 Å². The molecule has 0 heterocycles. The maximum atomic E-state index is 9.12. The van der Waals surface area contributed by atoms with Gasteiger partial charge >= 0.3 is 0 Å². The molecule has 0 aliphatic carbocycles. The highest BCUT2D eigenvalue weighted by Crippen LogP contribution is 2.12. The summed E-state index contributed by atoms with van der Waals surface area (Å²) in [4.78, 5) is 0. The van der Waals surface area contributed by atoms with Crippen LogP contribution in [0.4, 0.5) is 0 Å². The largest absolute Gasteiger partial charge is 0.394 e. The second-order valence-electron chi connectivity index (χ2n) is 3.20. The summed E-state index contributed by atoms with van der Waals surface area (Å²) < 4.78 is 0. The minimum Gasteiger partial charge on any atom is -0.394 e. The van der Waals surface area contributed by atoms with Gasteiger partial charge < -0.3 is 10.4 Å². The number of benzene rings is 1. The summed E-state index contributed by atoms with van der Waals surface area (Å²) >= 11 is 0. The Morgan fingerprint density at radius 1 is 1.31 bits per heavy atom. The first-order valence-corrected chi connectivity index (χ1v) is 4.68. The number of likely N-dealkylation sites (N-methyl/N-ethyl adjacent to an activating group) is 1. The minimum atomic E-state index is 0.0746. The van der Waals surface area contributed by atoms with Crippen LogP contribution in [0.2, 0.25) is 0 Å². The molecule has 0 bridgehead atoms. The molecule has 2 N–H and O–H groups in total. The zero-order chi connectivity index (χ0) is 9.68. The summed E-state index contributed by atoms with van der Waals surface area (Å²) in [6.45, 7) is 5.12. The van der Waals surface area contributed by atoms with Crippen LogP contribution >= 0.6 is 0 Å². The first kappa shape index (κ1) is 10.2. The lowest BCUT2D eigenvalue weighted by Gasteiger charge is -2.15. The van der Waals surface area contributed by atoms with Crippen molar-refractivity contribution in [1.29, 1.82) is 0 Å². The lowest BCUT2D eigenvalue weighted by Crippen LogP contribution is -2.23. The maximum Gasteiger partial charge on any atom is 0.0626 e. The minimum absolute atomic E-state index is 0.0746. The van der Waals surface area contributed by atoms with E-state index in [1.807, 2.05) is 6.92 Å². The Hall–Kier alpha value is -0.860. The van der Waals surface area contributed by atoms with E-state index in [0.717, 1.165) is 12.1 Å². The van der Waals surface area contributed by atoms with E-state index >= 15 is 0 Å². The molecule has 1 unspecified atom stereocenters. The summed E-state index contributed by atoms with van der Waals surface area (Å²) in [5.41, 5.74) is 2.40. The van der Waals surface area contributed by atoms with E-state index < -0.39 is 0 Å². The molecular weight excluding hydrogens is 162 g/mol. The van der Waals surface area contributed by atoms with Crippen LogP contribution in [0.1, 0.15) is 24.1 Å². The zero-order valence-electron chi connectivity index (χ0n) is 8.25. The Balaban J connectivity index is 2.73. The molecule has 2 heteroatoms. The molecule has 0 aliphatic rings. The first-order chi connectivity index (χ1) is 6.27. The molecular formula is C11H17NO. The molecule has 1 rings (SSSR count). The van der Waals surface area contributed by atoms with Gasteiger partial charge in [-0.2, -0.15) is 0 Å².